The van der Waals surface area contributed by atoms with Gasteiger partial charge in [-0.1, -0.05) is 19.1 Å². The third kappa shape index (κ3) is 11.3. The van der Waals surface area contributed by atoms with E-state index < -0.39 is 25.0 Å². The second-order valence-electron chi connectivity index (χ2n) is 8.32. The fourth-order valence-electron chi connectivity index (χ4n) is 3.22. The molecule has 0 heterocycles. The van der Waals surface area contributed by atoms with Crippen molar-refractivity contribution in [1.82, 2.24) is 9.21 Å². The maximum atomic E-state index is 13.4. The minimum Gasteiger partial charge on any atom is -0.493 e. The van der Waals surface area contributed by atoms with Gasteiger partial charge in [0.05, 0.1) is 6.61 Å². The molecule has 0 saturated carbocycles. The van der Waals surface area contributed by atoms with Crippen LogP contribution >= 0.6 is 24.8 Å². The Morgan fingerprint density at radius 1 is 0.923 bits per heavy atom. The molecule has 2 rings (SSSR count). The maximum Gasteiger partial charge on any atom is 0.340 e. The van der Waals surface area contributed by atoms with Gasteiger partial charge in [-0.2, -0.15) is 12.7 Å². The number of nitrogens with zero attached hydrogens (tertiary/aromatic N) is 3. The van der Waals surface area contributed by atoms with E-state index in [1.807, 2.05) is 19.0 Å². The van der Waals surface area contributed by atoms with E-state index in [4.69, 9.17) is 25.2 Å². The molecule has 0 fully saturated rings. The van der Waals surface area contributed by atoms with E-state index in [9.17, 15) is 16.8 Å². The van der Waals surface area contributed by atoms with Crippen LogP contribution in [0.5, 0.6) is 11.5 Å². The first-order valence-corrected chi connectivity index (χ1v) is 14.4. The molecular weight excluding hydrogens is 593 g/mol. The van der Waals surface area contributed by atoms with Crippen LogP contribution in [0.2, 0.25) is 0 Å². The average molecular weight is 631 g/mol. The Balaban J connectivity index is 0.00000722. The van der Waals surface area contributed by atoms with Crippen LogP contribution in [0.15, 0.2) is 57.4 Å². The largest absolute Gasteiger partial charge is 0.493 e. The van der Waals surface area contributed by atoms with E-state index in [0.717, 1.165) is 0 Å². The number of ether oxygens (including phenoxy) is 1. The van der Waals surface area contributed by atoms with E-state index in [-0.39, 0.29) is 67.7 Å². The molecule has 222 valence electrons. The van der Waals surface area contributed by atoms with Crippen LogP contribution in [-0.4, -0.2) is 78.9 Å². The van der Waals surface area contributed by atoms with Crippen molar-refractivity contribution in [2.75, 3.05) is 46.9 Å². The molecule has 0 saturated heterocycles. The highest BCUT2D eigenvalue weighted by Gasteiger charge is 2.31. The van der Waals surface area contributed by atoms with Gasteiger partial charge in [0.2, 0.25) is 16.0 Å². The standard InChI is InChI=1S/C23H35N5O7S2.2ClH/c1-5-28(12-11-27(3)4)36(29,30)21-9-6-7-10-22(21)37(31,32)35-20-16-18(2)15-19(17-20)33-13-8-14-34-26-23(24)25;;/h6-7,9-10,15-17H,5,8,11-14H2,1-4H3,(H4,24,25,26);2*1H. The molecule has 0 aromatic heterocycles. The number of likely N-dealkylation sites (N-methyl/N-ethyl adjacent to an activating group) is 2. The molecule has 12 nitrogen and oxygen atoms in total. The van der Waals surface area contributed by atoms with Gasteiger partial charge >= 0.3 is 10.1 Å². The number of halogens is 2. The lowest BCUT2D eigenvalue weighted by atomic mass is 10.2. The van der Waals surface area contributed by atoms with Crippen molar-refractivity contribution >= 4 is 50.9 Å². The summed E-state index contributed by atoms with van der Waals surface area (Å²) in [4.78, 5) is 5.94. The highest BCUT2D eigenvalue weighted by molar-refractivity contribution is 7.91. The normalized spacial score (nSPS) is 11.3. The fourth-order valence-corrected chi connectivity index (χ4v) is 6.35. The number of hydrogen-bond donors (Lipinski definition) is 2. The highest BCUT2D eigenvalue weighted by atomic mass is 35.5. The number of benzene rings is 2. The Bertz CT molecular complexity index is 1290. The molecule has 0 spiro atoms. The number of aryl methyl sites for hydroxylation is 1. The third-order valence-corrected chi connectivity index (χ3v) is 8.40. The smallest absolute Gasteiger partial charge is 0.340 e. The molecule has 0 atom stereocenters. The number of oxime groups is 1. The van der Waals surface area contributed by atoms with Gasteiger partial charge in [-0.15, -0.1) is 24.8 Å². The van der Waals surface area contributed by atoms with E-state index in [0.29, 0.717) is 24.3 Å². The monoisotopic (exact) mass is 629 g/mol. The molecule has 0 bridgehead atoms. The third-order valence-electron chi connectivity index (χ3n) is 4.93. The van der Waals surface area contributed by atoms with Crippen LogP contribution in [0.4, 0.5) is 0 Å². The number of sulfonamides is 1. The molecular formula is C23H37Cl2N5O7S2. The lowest BCUT2D eigenvalue weighted by Crippen LogP contribution is -2.37. The Morgan fingerprint density at radius 2 is 1.54 bits per heavy atom. The van der Waals surface area contributed by atoms with Gasteiger partial charge in [-0.3, -0.25) is 0 Å². The van der Waals surface area contributed by atoms with Crippen LogP contribution < -0.4 is 20.4 Å². The lowest BCUT2D eigenvalue weighted by molar-refractivity contribution is 0.127. The van der Waals surface area contributed by atoms with Gasteiger partial charge in [-0.05, 0) is 56.0 Å². The van der Waals surface area contributed by atoms with Crippen molar-refractivity contribution in [2.45, 2.75) is 30.1 Å². The van der Waals surface area contributed by atoms with E-state index in [2.05, 4.69) is 5.16 Å². The van der Waals surface area contributed by atoms with Crippen LogP contribution in [-0.2, 0) is 25.0 Å². The van der Waals surface area contributed by atoms with Crippen molar-refractivity contribution < 1.29 is 30.6 Å². The highest BCUT2D eigenvalue weighted by Crippen LogP contribution is 2.29. The van der Waals surface area contributed by atoms with Crippen LogP contribution in [0.1, 0.15) is 18.9 Å². The van der Waals surface area contributed by atoms with Crippen LogP contribution in [0.25, 0.3) is 0 Å². The van der Waals surface area contributed by atoms with Crippen LogP contribution in [0.3, 0.4) is 0 Å². The molecule has 0 radical (unpaired) electrons. The quantitative estimate of drug-likeness (QED) is 0.0979. The first-order valence-electron chi connectivity index (χ1n) is 11.5. The molecule has 0 aliphatic heterocycles. The van der Waals surface area contributed by atoms with E-state index >= 15 is 0 Å². The first-order chi connectivity index (χ1) is 17.4. The first kappa shape index (κ1) is 36.5. The molecule has 0 aliphatic rings. The summed E-state index contributed by atoms with van der Waals surface area (Å²) < 4.78 is 65.5. The molecule has 39 heavy (non-hydrogen) atoms. The molecule has 4 N–H and O–H groups in total. The summed E-state index contributed by atoms with van der Waals surface area (Å²) >= 11 is 0. The van der Waals surface area contributed by atoms with Crippen LogP contribution in [0, 0.1) is 6.92 Å². The lowest BCUT2D eigenvalue weighted by Gasteiger charge is -2.23. The zero-order valence-electron chi connectivity index (χ0n) is 22.3. The number of rotatable bonds is 15. The van der Waals surface area contributed by atoms with Gasteiger partial charge in [0.25, 0.3) is 0 Å². The van der Waals surface area contributed by atoms with Gasteiger partial charge in [0, 0.05) is 32.1 Å². The zero-order valence-corrected chi connectivity index (χ0v) is 25.5. The summed E-state index contributed by atoms with van der Waals surface area (Å²) in [5, 5.41) is 3.41. The van der Waals surface area contributed by atoms with E-state index in [1.165, 1.54) is 40.7 Å². The molecule has 0 amide bonds. The summed E-state index contributed by atoms with van der Waals surface area (Å²) in [5.41, 5.74) is 11.0. The summed E-state index contributed by atoms with van der Waals surface area (Å²) in [6, 6.07) is 10.0. The minimum atomic E-state index is -4.50. The molecule has 0 aliphatic carbocycles. The van der Waals surface area contributed by atoms with Crippen molar-refractivity contribution in [1.29, 1.82) is 0 Å². The zero-order chi connectivity index (χ0) is 27.6. The number of guanidine groups is 1. The summed E-state index contributed by atoms with van der Waals surface area (Å²) in [7, 11) is -4.96. The van der Waals surface area contributed by atoms with Crippen molar-refractivity contribution in [2.24, 2.45) is 16.6 Å². The fraction of sp³-hybridized carbons (Fsp3) is 0.435. The predicted octanol–water partition coefficient (Wildman–Crippen LogP) is 2.15. The Hall–Kier alpha value is -2.49. The molecule has 16 heteroatoms. The molecule has 2 aromatic rings. The SMILES string of the molecule is CCN(CCN(C)C)S(=O)(=O)c1ccccc1S(=O)(=O)Oc1cc(C)cc(OCCCON=C(N)N)c1.Cl.Cl. The summed E-state index contributed by atoms with van der Waals surface area (Å²) in [5.74, 6) is 0.167. The second-order valence-corrected chi connectivity index (χ2v) is 11.7. The Kier molecular flexibility index (Phi) is 15.5. The predicted molar refractivity (Wildman–Crippen MR) is 155 cm³/mol. The maximum absolute atomic E-state index is 13.4. The van der Waals surface area contributed by atoms with Crippen molar-refractivity contribution in [3.63, 3.8) is 0 Å². The van der Waals surface area contributed by atoms with Gasteiger partial charge in [0.1, 0.15) is 27.9 Å². The van der Waals surface area contributed by atoms with Gasteiger partial charge < -0.3 is 30.1 Å². The Morgan fingerprint density at radius 3 is 2.13 bits per heavy atom. The summed E-state index contributed by atoms with van der Waals surface area (Å²) in [6.07, 6.45) is 0.464. The topological polar surface area (TPSA) is 167 Å². The average Bonchev–Trinajstić information content (AvgIpc) is 2.80. The Labute approximate surface area is 243 Å². The second kappa shape index (κ2) is 16.6. The molecule has 2 aromatic carbocycles. The number of nitrogens with two attached hydrogens (primary N) is 2. The van der Waals surface area contributed by atoms with Gasteiger partial charge in [-0.25, -0.2) is 8.42 Å². The molecule has 0 unspecified atom stereocenters. The van der Waals surface area contributed by atoms with Crippen molar-refractivity contribution in [3.05, 3.63) is 48.0 Å². The number of hydrogen-bond acceptors (Lipinski definition) is 9. The van der Waals surface area contributed by atoms with Crippen molar-refractivity contribution in [3.8, 4) is 11.5 Å². The minimum absolute atomic E-state index is 0. The van der Waals surface area contributed by atoms with E-state index in [1.54, 1.807) is 19.9 Å². The van der Waals surface area contributed by atoms with Gasteiger partial charge in [0.15, 0.2) is 0 Å². The summed E-state index contributed by atoms with van der Waals surface area (Å²) in [6.45, 7) is 4.77.